The van der Waals surface area contributed by atoms with Gasteiger partial charge >= 0.3 is 17.1 Å². The SMILES string of the molecule is CCCCCCCCCCCCCCCCC[C-]=O.N#C[NH-].[Mn+2]. The van der Waals surface area contributed by atoms with E-state index in [2.05, 4.69) is 6.92 Å². The second-order valence-corrected chi connectivity index (χ2v) is 5.96. The van der Waals surface area contributed by atoms with Crippen molar-refractivity contribution in [2.75, 3.05) is 0 Å². The van der Waals surface area contributed by atoms with Crippen LogP contribution in [-0.2, 0) is 21.9 Å². The van der Waals surface area contributed by atoms with E-state index in [1.165, 1.54) is 89.9 Å². The second-order valence-electron chi connectivity index (χ2n) is 5.96. The first-order chi connectivity index (χ1) is 10.8. The van der Waals surface area contributed by atoms with E-state index in [4.69, 9.17) is 11.0 Å². The smallest absolute Gasteiger partial charge is 0.542 e. The van der Waals surface area contributed by atoms with Crippen LogP contribution >= 0.6 is 0 Å². The molecule has 0 spiro atoms. The summed E-state index contributed by atoms with van der Waals surface area (Å²) in [5, 5.41) is 6.99. The van der Waals surface area contributed by atoms with Crippen molar-refractivity contribution in [3.05, 3.63) is 5.73 Å². The first-order valence-electron chi connectivity index (χ1n) is 9.24. The van der Waals surface area contributed by atoms with Crippen molar-refractivity contribution in [3.8, 4) is 6.19 Å². The molecule has 0 aliphatic carbocycles. The fraction of sp³-hybridized carbons (Fsp3) is 0.895. The molecule has 0 rings (SSSR count). The van der Waals surface area contributed by atoms with Gasteiger partial charge in [-0.25, -0.2) is 0 Å². The Morgan fingerprint density at radius 1 is 0.739 bits per heavy atom. The number of nitrogens with one attached hydrogen (secondary N) is 1. The summed E-state index contributed by atoms with van der Waals surface area (Å²) >= 11 is 0. The maximum atomic E-state index is 10.0. The minimum atomic E-state index is 0. The summed E-state index contributed by atoms with van der Waals surface area (Å²) < 4.78 is 0. The molecule has 0 heterocycles. The van der Waals surface area contributed by atoms with Crippen molar-refractivity contribution in [3.63, 3.8) is 0 Å². The van der Waals surface area contributed by atoms with Gasteiger partial charge in [0.25, 0.3) is 0 Å². The molecule has 0 atom stereocenters. The molecule has 1 radical (unpaired) electrons. The Labute approximate surface area is 155 Å². The monoisotopic (exact) mass is 363 g/mol. The Morgan fingerprint density at radius 2 is 1.00 bits per heavy atom. The molecule has 135 valence electrons. The number of hydrogen-bond donors (Lipinski definition) is 0. The summed E-state index contributed by atoms with van der Waals surface area (Å²) in [6.07, 6.45) is 24.2. The predicted molar refractivity (Wildman–Crippen MR) is 95.2 cm³/mol. The van der Waals surface area contributed by atoms with E-state index in [0.717, 1.165) is 12.6 Å². The Kier molecular flexibility index (Phi) is 35.0. The van der Waals surface area contributed by atoms with Crippen molar-refractivity contribution < 1.29 is 21.9 Å². The summed E-state index contributed by atoms with van der Waals surface area (Å²) in [4.78, 5) is 10.0. The maximum Gasteiger partial charge on any atom is 2.00 e. The summed E-state index contributed by atoms with van der Waals surface area (Å²) in [7, 11) is 0. The molecule has 0 amide bonds. The first-order valence-corrected chi connectivity index (χ1v) is 9.24. The third kappa shape index (κ3) is 34.0. The number of carbonyl (C=O) groups excluding carboxylic acids is 1. The number of nitriles is 1. The maximum absolute atomic E-state index is 10.0. The quantitative estimate of drug-likeness (QED) is 0.130. The van der Waals surface area contributed by atoms with Gasteiger partial charge in [0.05, 0.1) is 0 Å². The van der Waals surface area contributed by atoms with E-state index >= 15 is 0 Å². The van der Waals surface area contributed by atoms with Crippen LogP contribution in [0.15, 0.2) is 0 Å². The fourth-order valence-electron chi connectivity index (χ4n) is 2.57. The Balaban J connectivity index is -0.000000920. The molecule has 1 N–H and O–H groups in total. The third-order valence-electron chi connectivity index (χ3n) is 3.88. The van der Waals surface area contributed by atoms with Crippen LogP contribution in [0.25, 0.3) is 5.73 Å². The number of unbranched alkanes of at least 4 members (excludes halogenated alkanes) is 15. The fourth-order valence-corrected chi connectivity index (χ4v) is 2.57. The van der Waals surface area contributed by atoms with Crippen molar-refractivity contribution in [1.82, 2.24) is 0 Å². The van der Waals surface area contributed by atoms with Crippen LogP contribution in [0.2, 0.25) is 0 Å². The summed E-state index contributed by atoms with van der Waals surface area (Å²) in [6, 6.07) is 0. The number of nitrogens with zero attached hydrogens (tertiary/aromatic N) is 1. The van der Waals surface area contributed by atoms with Gasteiger partial charge in [-0.2, -0.15) is 6.42 Å². The topological polar surface area (TPSA) is 64.7 Å². The second kappa shape index (κ2) is 29.5. The van der Waals surface area contributed by atoms with Gasteiger partial charge in [-0.1, -0.05) is 109 Å². The van der Waals surface area contributed by atoms with Crippen LogP contribution in [0, 0.1) is 11.5 Å². The Morgan fingerprint density at radius 3 is 1.26 bits per heavy atom. The normalized spacial score (nSPS) is 9.22. The van der Waals surface area contributed by atoms with Gasteiger partial charge < -0.3 is 15.8 Å². The zero-order chi connectivity index (χ0) is 16.7. The molecule has 0 unspecified atom stereocenters. The Bertz CT molecular complexity index is 242. The third-order valence-corrected chi connectivity index (χ3v) is 3.88. The standard InChI is InChI=1S/C18H35O.CHN2.Mn/c1-2-3-4-5-6-7-8-9-10-11-12-13-14-15-16-17-18-19;2-1-3;/h2-17H2,1H3;2H;/q2*-1;+2. The van der Waals surface area contributed by atoms with E-state index in [1.807, 2.05) is 6.29 Å². The van der Waals surface area contributed by atoms with Gasteiger partial charge in [0, 0.05) is 0 Å². The number of rotatable bonds is 16. The van der Waals surface area contributed by atoms with E-state index in [1.54, 1.807) is 0 Å². The van der Waals surface area contributed by atoms with Crippen molar-refractivity contribution >= 4 is 6.29 Å². The van der Waals surface area contributed by atoms with Crippen LogP contribution < -0.4 is 0 Å². The largest absolute Gasteiger partial charge is 2.00 e. The average Bonchev–Trinajstić information content (AvgIpc) is 2.52. The number of hydrogen-bond acceptors (Lipinski definition) is 2. The van der Waals surface area contributed by atoms with E-state index in [9.17, 15) is 4.79 Å². The molecule has 0 aliphatic heterocycles. The van der Waals surface area contributed by atoms with Gasteiger partial charge in [-0.15, -0.1) is 0 Å². The van der Waals surface area contributed by atoms with E-state index in [0.29, 0.717) is 6.42 Å². The molecule has 0 aromatic carbocycles. The van der Waals surface area contributed by atoms with Crippen LogP contribution in [0.5, 0.6) is 0 Å². The molecule has 0 aliphatic rings. The molecular weight excluding hydrogens is 327 g/mol. The first kappa shape index (κ1) is 27.3. The minimum Gasteiger partial charge on any atom is -0.542 e. The van der Waals surface area contributed by atoms with E-state index in [-0.39, 0.29) is 17.1 Å². The molecule has 4 heteroatoms. The minimum absolute atomic E-state index is 0. The summed E-state index contributed by atoms with van der Waals surface area (Å²) in [5.41, 5.74) is 5.51. The molecular formula is C19H36MnN2O. The molecule has 0 aromatic rings. The molecule has 0 aromatic heterocycles. The van der Waals surface area contributed by atoms with Crippen molar-refractivity contribution in [2.45, 2.75) is 110 Å². The molecule has 3 nitrogen and oxygen atoms in total. The van der Waals surface area contributed by atoms with Gasteiger partial charge in [0.15, 0.2) is 0 Å². The summed E-state index contributed by atoms with van der Waals surface area (Å²) in [5.74, 6) is 0. The van der Waals surface area contributed by atoms with Gasteiger partial charge in [0.1, 0.15) is 0 Å². The van der Waals surface area contributed by atoms with Crippen LogP contribution in [-0.4, -0.2) is 6.29 Å². The molecule has 0 fully saturated rings. The van der Waals surface area contributed by atoms with Crippen LogP contribution in [0.3, 0.4) is 0 Å². The van der Waals surface area contributed by atoms with Gasteiger partial charge in [-0.05, 0) is 0 Å². The molecule has 0 saturated carbocycles. The van der Waals surface area contributed by atoms with Crippen LogP contribution in [0.1, 0.15) is 110 Å². The van der Waals surface area contributed by atoms with Crippen molar-refractivity contribution in [1.29, 1.82) is 5.26 Å². The predicted octanol–water partition coefficient (Wildman–Crippen LogP) is 6.87. The average molecular weight is 363 g/mol. The van der Waals surface area contributed by atoms with Gasteiger partial charge in [-0.3, -0.25) is 6.29 Å². The summed E-state index contributed by atoms with van der Waals surface area (Å²) in [6.45, 7) is 2.28. The molecule has 0 bridgehead atoms. The molecule has 23 heavy (non-hydrogen) atoms. The van der Waals surface area contributed by atoms with Crippen molar-refractivity contribution in [2.24, 2.45) is 0 Å². The molecule has 0 saturated heterocycles. The van der Waals surface area contributed by atoms with Crippen LogP contribution in [0.4, 0.5) is 0 Å². The zero-order valence-corrected chi connectivity index (χ0v) is 16.2. The Hall–Kier alpha value is -0.521. The van der Waals surface area contributed by atoms with E-state index < -0.39 is 0 Å². The zero-order valence-electron chi connectivity index (χ0n) is 15.0. The van der Waals surface area contributed by atoms with Gasteiger partial charge in [0.2, 0.25) is 0 Å².